The maximum absolute atomic E-state index is 12.6. The van der Waals surface area contributed by atoms with Gasteiger partial charge in [-0.2, -0.15) is 0 Å². The van der Waals surface area contributed by atoms with Crippen LogP contribution in [0.5, 0.6) is 5.75 Å². The number of hydrogen-bond donors (Lipinski definition) is 0. The monoisotopic (exact) mass is 346 g/mol. The number of benzene rings is 1. The minimum Gasteiger partial charge on any atom is -0.491 e. The van der Waals surface area contributed by atoms with Gasteiger partial charge >= 0.3 is 0 Å². The van der Waals surface area contributed by atoms with E-state index in [1.165, 1.54) is 11.3 Å². The normalized spacial score (nSPS) is 18.0. The second-order valence-electron chi connectivity index (χ2n) is 6.15. The largest absolute Gasteiger partial charge is 0.491 e. The third kappa shape index (κ3) is 3.76. The summed E-state index contributed by atoms with van der Waals surface area (Å²) < 4.78 is 11.0. The fraction of sp³-hybridized carbons (Fsp3) is 0.444. The maximum Gasteiger partial charge on any atom is 0.273 e. The summed E-state index contributed by atoms with van der Waals surface area (Å²) in [6, 6.07) is 7.90. The van der Waals surface area contributed by atoms with E-state index in [0.29, 0.717) is 25.5 Å². The quantitative estimate of drug-likeness (QED) is 0.851. The molecule has 1 aliphatic rings. The van der Waals surface area contributed by atoms with Gasteiger partial charge in [-0.1, -0.05) is 0 Å². The van der Waals surface area contributed by atoms with Crippen molar-refractivity contribution < 1.29 is 14.3 Å². The molecule has 1 saturated heterocycles. The molecule has 0 spiro atoms. The van der Waals surface area contributed by atoms with Crippen LogP contribution in [0, 0.1) is 0 Å². The number of aromatic nitrogens is 1. The van der Waals surface area contributed by atoms with Crippen molar-refractivity contribution in [1.82, 2.24) is 9.88 Å². The van der Waals surface area contributed by atoms with Crippen molar-refractivity contribution in [2.24, 2.45) is 0 Å². The zero-order chi connectivity index (χ0) is 17.1. The standard InChI is InChI=1S/C18H22N2O3S/c1-12(2)23-15-6-4-14(5-7-15)17-19-16(11-24-17)18(21)20-8-9-22-10-13(20)3/h4-7,11-13H,8-10H2,1-3H3/t13-/m1/s1. The minimum atomic E-state index is -0.0203. The van der Waals surface area contributed by atoms with Crippen LogP contribution in [0.2, 0.25) is 0 Å². The molecule has 0 aliphatic carbocycles. The van der Waals surface area contributed by atoms with Crippen LogP contribution in [0.1, 0.15) is 31.3 Å². The number of amides is 1. The molecule has 0 radical (unpaired) electrons. The summed E-state index contributed by atoms with van der Waals surface area (Å²) in [5.41, 5.74) is 1.50. The highest BCUT2D eigenvalue weighted by atomic mass is 32.1. The van der Waals surface area contributed by atoms with Gasteiger partial charge in [0, 0.05) is 17.5 Å². The van der Waals surface area contributed by atoms with E-state index in [4.69, 9.17) is 9.47 Å². The van der Waals surface area contributed by atoms with Crippen molar-refractivity contribution in [3.63, 3.8) is 0 Å². The van der Waals surface area contributed by atoms with Gasteiger partial charge in [-0.15, -0.1) is 11.3 Å². The fourth-order valence-electron chi connectivity index (χ4n) is 2.63. The highest BCUT2D eigenvalue weighted by Gasteiger charge is 2.26. The van der Waals surface area contributed by atoms with E-state index >= 15 is 0 Å². The SMILES string of the molecule is CC(C)Oc1ccc(-c2nc(C(=O)N3CCOC[C@H]3C)cs2)cc1. The van der Waals surface area contributed by atoms with Gasteiger partial charge in [0.15, 0.2) is 0 Å². The molecule has 128 valence electrons. The van der Waals surface area contributed by atoms with E-state index in [1.807, 2.05) is 55.3 Å². The van der Waals surface area contributed by atoms with Crippen molar-refractivity contribution in [2.45, 2.75) is 32.9 Å². The summed E-state index contributed by atoms with van der Waals surface area (Å²) >= 11 is 1.49. The molecule has 1 aromatic heterocycles. The summed E-state index contributed by atoms with van der Waals surface area (Å²) in [6.07, 6.45) is 0.149. The molecule has 1 aliphatic heterocycles. The number of carbonyl (C=O) groups excluding carboxylic acids is 1. The van der Waals surface area contributed by atoms with E-state index in [1.54, 1.807) is 0 Å². The first-order valence-corrected chi connectivity index (χ1v) is 9.04. The van der Waals surface area contributed by atoms with Gasteiger partial charge in [-0.25, -0.2) is 4.98 Å². The average molecular weight is 346 g/mol. The molecule has 0 saturated carbocycles. The number of hydrogen-bond acceptors (Lipinski definition) is 5. The number of morpholine rings is 1. The van der Waals surface area contributed by atoms with Crippen molar-refractivity contribution in [3.8, 4) is 16.3 Å². The lowest BCUT2D eigenvalue weighted by atomic mass is 10.2. The van der Waals surface area contributed by atoms with Crippen molar-refractivity contribution in [3.05, 3.63) is 35.3 Å². The lowest BCUT2D eigenvalue weighted by Crippen LogP contribution is -2.47. The maximum atomic E-state index is 12.6. The summed E-state index contributed by atoms with van der Waals surface area (Å²) in [4.78, 5) is 19.0. The Kier molecular flexibility index (Phi) is 5.16. The van der Waals surface area contributed by atoms with Gasteiger partial charge < -0.3 is 14.4 Å². The number of ether oxygens (including phenoxy) is 2. The van der Waals surface area contributed by atoms with E-state index in [0.717, 1.165) is 16.3 Å². The molecule has 5 nitrogen and oxygen atoms in total. The topological polar surface area (TPSA) is 51.7 Å². The first-order valence-electron chi connectivity index (χ1n) is 8.16. The molecule has 1 atom stereocenters. The lowest BCUT2D eigenvalue weighted by molar-refractivity contribution is 0.00332. The second-order valence-corrected chi connectivity index (χ2v) is 7.01. The zero-order valence-corrected chi connectivity index (χ0v) is 15.0. The van der Waals surface area contributed by atoms with Crippen LogP contribution in [0.15, 0.2) is 29.6 Å². The van der Waals surface area contributed by atoms with E-state index < -0.39 is 0 Å². The minimum absolute atomic E-state index is 0.0203. The van der Waals surface area contributed by atoms with Gasteiger partial charge in [0.05, 0.1) is 25.4 Å². The predicted octanol–water partition coefficient (Wildman–Crippen LogP) is 3.46. The molecule has 1 aromatic carbocycles. The summed E-state index contributed by atoms with van der Waals surface area (Å²) in [5.74, 6) is 0.816. The molecule has 0 bridgehead atoms. The molecule has 1 amide bonds. The Hall–Kier alpha value is -1.92. The third-order valence-electron chi connectivity index (χ3n) is 3.82. The highest BCUT2D eigenvalue weighted by Crippen LogP contribution is 2.27. The van der Waals surface area contributed by atoms with Crippen LogP contribution in [0.25, 0.3) is 10.6 Å². The third-order valence-corrected chi connectivity index (χ3v) is 4.72. The van der Waals surface area contributed by atoms with E-state index in [2.05, 4.69) is 4.98 Å². The van der Waals surface area contributed by atoms with Crippen LogP contribution in [0.4, 0.5) is 0 Å². The van der Waals surface area contributed by atoms with Gasteiger partial charge in [0.25, 0.3) is 5.91 Å². The van der Waals surface area contributed by atoms with Crippen molar-refractivity contribution in [1.29, 1.82) is 0 Å². The molecular formula is C18H22N2O3S. The number of nitrogens with zero attached hydrogens (tertiary/aromatic N) is 2. The van der Waals surface area contributed by atoms with Crippen LogP contribution in [0.3, 0.4) is 0 Å². The molecule has 2 aromatic rings. The van der Waals surface area contributed by atoms with Crippen molar-refractivity contribution >= 4 is 17.2 Å². The lowest BCUT2D eigenvalue weighted by Gasteiger charge is -2.32. The summed E-state index contributed by atoms with van der Waals surface area (Å²) in [6.45, 7) is 7.79. The van der Waals surface area contributed by atoms with Crippen LogP contribution in [-0.2, 0) is 4.74 Å². The van der Waals surface area contributed by atoms with E-state index in [9.17, 15) is 4.79 Å². The molecule has 6 heteroatoms. The fourth-order valence-corrected chi connectivity index (χ4v) is 3.43. The Bertz CT molecular complexity index is 697. The van der Waals surface area contributed by atoms with Crippen LogP contribution < -0.4 is 4.74 Å². The smallest absolute Gasteiger partial charge is 0.273 e. The van der Waals surface area contributed by atoms with Crippen molar-refractivity contribution in [2.75, 3.05) is 19.8 Å². The Morgan fingerprint density at radius 3 is 2.79 bits per heavy atom. The molecule has 3 rings (SSSR count). The molecule has 0 N–H and O–H groups in total. The van der Waals surface area contributed by atoms with Crippen LogP contribution in [-0.4, -0.2) is 47.7 Å². The number of thiazole rings is 1. The van der Waals surface area contributed by atoms with Gasteiger partial charge in [0.1, 0.15) is 16.5 Å². The Morgan fingerprint density at radius 1 is 1.38 bits per heavy atom. The predicted molar refractivity (Wildman–Crippen MR) is 94.6 cm³/mol. The first-order chi connectivity index (χ1) is 11.5. The first kappa shape index (κ1) is 16.9. The summed E-state index contributed by atoms with van der Waals surface area (Å²) in [5, 5.41) is 2.67. The zero-order valence-electron chi connectivity index (χ0n) is 14.2. The van der Waals surface area contributed by atoms with Gasteiger partial charge in [-0.3, -0.25) is 4.79 Å². The molecular weight excluding hydrogens is 324 g/mol. The Labute approximate surface area is 146 Å². The highest BCUT2D eigenvalue weighted by molar-refractivity contribution is 7.13. The Balaban J connectivity index is 1.74. The number of carbonyl (C=O) groups is 1. The van der Waals surface area contributed by atoms with E-state index in [-0.39, 0.29) is 18.1 Å². The second kappa shape index (κ2) is 7.32. The molecule has 24 heavy (non-hydrogen) atoms. The Morgan fingerprint density at radius 2 is 2.12 bits per heavy atom. The van der Waals surface area contributed by atoms with Gasteiger partial charge in [-0.05, 0) is 45.0 Å². The molecule has 0 unspecified atom stereocenters. The molecule has 2 heterocycles. The van der Waals surface area contributed by atoms with Gasteiger partial charge in [0.2, 0.25) is 0 Å². The summed E-state index contributed by atoms with van der Waals surface area (Å²) in [7, 11) is 0. The molecule has 1 fully saturated rings. The van der Waals surface area contributed by atoms with Crippen LogP contribution >= 0.6 is 11.3 Å². The number of rotatable bonds is 4. The average Bonchev–Trinajstić information content (AvgIpc) is 3.05.